The maximum absolute atomic E-state index is 12.7. The van der Waals surface area contributed by atoms with E-state index in [0.29, 0.717) is 5.69 Å². The second kappa shape index (κ2) is 7.24. The van der Waals surface area contributed by atoms with E-state index < -0.39 is 5.91 Å². The monoisotopic (exact) mass is 380 g/mol. The van der Waals surface area contributed by atoms with Crippen molar-refractivity contribution in [2.75, 3.05) is 43.4 Å². The Morgan fingerprint density at radius 1 is 1.07 bits per heavy atom. The van der Waals surface area contributed by atoms with Crippen molar-refractivity contribution in [3.63, 3.8) is 0 Å². The summed E-state index contributed by atoms with van der Waals surface area (Å²) in [5, 5.41) is 6.84. The number of aromatic nitrogens is 4. The highest BCUT2D eigenvalue weighted by Crippen LogP contribution is 2.17. The van der Waals surface area contributed by atoms with Crippen molar-refractivity contribution in [3.05, 3.63) is 48.0 Å². The zero-order valence-electron chi connectivity index (χ0n) is 15.4. The van der Waals surface area contributed by atoms with E-state index in [0.717, 1.165) is 32.0 Å². The number of carbonyl (C=O) groups excluding carboxylic acids is 2. The maximum atomic E-state index is 12.7. The molecule has 3 aromatic heterocycles. The predicted octanol–water partition coefficient (Wildman–Crippen LogP) is 0.227. The van der Waals surface area contributed by atoms with Crippen molar-refractivity contribution < 1.29 is 9.59 Å². The number of fused-ring (bicyclic) bond motifs is 1. The normalized spacial score (nSPS) is 15.0. The first-order valence-electron chi connectivity index (χ1n) is 8.86. The highest BCUT2D eigenvalue weighted by molar-refractivity contribution is 6.04. The minimum absolute atomic E-state index is 0.160. The molecule has 0 bridgehead atoms. The van der Waals surface area contributed by atoms with Crippen molar-refractivity contribution >= 4 is 29.0 Å². The summed E-state index contributed by atoms with van der Waals surface area (Å²) in [6.45, 7) is 3.84. The first kappa shape index (κ1) is 17.9. The average Bonchev–Trinajstić information content (AvgIpc) is 3.14. The van der Waals surface area contributed by atoms with Gasteiger partial charge in [0.05, 0.1) is 18.1 Å². The van der Waals surface area contributed by atoms with Crippen LogP contribution in [-0.2, 0) is 0 Å². The molecule has 28 heavy (non-hydrogen) atoms. The van der Waals surface area contributed by atoms with E-state index >= 15 is 0 Å². The molecule has 1 saturated heterocycles. The summed E-state index contributed by atoms with van der Waals surface area (Å²) in [6, 6.07) is 5.23. The van der Waals surface area contributed by atoms with E-state index in [1.165, 1.54) is 23.0 Å². The molecule has 0 aromatic carbocycles. The summed E-state index contributed by atoms with van der Waals surface area (Å²) in [7, 11) is 2.10. The summed E-state index contributed by atoms with van der Waals surface area (Å²) >= 11 is 0. The number of carbonyl (C=O) groups is 2. The summed E-state index contributed by atoms with van der Waals surface area (Å²) in [6.07, 6.45) is 4.36. The van der Waals surface area contributed by atoms with Crippen LogP contribution in [0.4, 0.5) is 11.5 Å². The molecular weight excluding hydrogens is 360 g/mol. The van der Waals surface area contributed by atoms with Gasteiger partial charge in [-0.1, -0.05) is 0 Å². The Labute approximate surface area is 161 Å². The Morgan fingerprint density at radius 3 is 2.54 bits per heavy atom. The quantitative estimate of drug-likeness (QED) is 0.664. The van der Waals surface area contributed by atoms with Crippen LogP contribution >= 0.6 is 0 Å². The molecule has 1 aliphatic heterocycles. The van der Waals surface area contributed by atoms with Crippen LogP contribution in [0, 0.1) is 0 Å². The molecule has 3 N–H and O–H groups in total. The van der Waals surface area contributed by atoms with Crippen LogP contribution in [0.2, 0.25) is 0 Å². The first-order chi connectivity index (χ1) is 13.5. The molecule has 0 saturated carbocycles. The second-order valence-corrected chi connectivity index (χ2v) is 6.64. The fourth-order valence-electron chi connectivity index (χ4n) is 3.12. The molecule has 4 rings (SSSR count). The molecule has 144 valence electrons. The number of likely N-dealkylation sites (N-methyl/N-ethyl adjacent to an activating group) is 1. The highest BCUT2D eigenvalue weighted by Gasteiger charge is 2.18. The van der Waals surface area contributed by atoms with Crippen LogP contribution in [0.3, 0.4) is 0 Å². The minimum Gasteiger partial charge on any atom is -0.365 e. The van der Waals surface area contributed by atoms with Crippen molar-refractivity contribution in [2.45, 2.75) is 0 Å². The smallest absolute Gasteiger partial charge is 0.274 e. The largest absolute Gasteiger partial charge is 0.365 e. The Kier molecular flexibility index (Phi) is 4.62. The number of hydrogen-bond donors (Lipinski definition) is 2. The Balaban J connectivity index is 1.51. The van der Waals surface area contributed by atoms with Gasteiger partial charge in [0.25, 0.3) is 11.8 Å². The highest BCUT2D eigenvalue weighted by atomic mass is 16.2. The van der Waals surface area contributed by atoms with E-state index in [1.807, 2.05) is 12.1 Å². The molecule has 10 heteroatoms. The molecule has 0 aliphatic carbocycles. The molecule has 0 unspecified atom stereocenters. The number of pyridine rings is 1. The molecule has 0 radical (unpaired) electrons. The summed E-state index contributed by atoms with van der Waals surface area (Å²) in [5.41, 5.74) is 6.51. The summed E-state index contributed by atoms with van der Waals surface area (Å²) in [5.74, 6) is -0.153. The van der Waals surface area contributed by atoms with Gasteiger partial charge in [0.2, 0.25) is 0 Å². The minimum atomic E-state index is -0.649. The van der Waals surface area contributed by atoms with Gasteiger partial charge >= 0.3 is 0 Å². The number of amides is 2. The van der Waals surface area contributed by atoms with Crippen LogP contribution in [0.15, 0.2) is 36.8 Å². The van der Waals surface area contributed by atoms with Crippen LogP contribution < -0.4 is 16.0 Å². The van der Waals surface area contributed by atoms with Gasteiger partial charge in [0.15, 0.2) is 5.65 Å². The number of rotatable bonds is 4. The number of nitrogens with zero attached hydrogens (tertiary/aromatic N) is 6. The Hall–Kier alpha value is -3.53. The van der Waals surface area contributed by atoms with Gasteiger partial charge in [-0.25, -0.2) is 14.5 Å². The second-order valence-electron chi connectivity index (χ2n) is 6.64. The van der Waals surface area contributed by atoms with E-state index in [4.69, 9.17) is 5.73 Å². The molecule has 3 aromatic rings. The zero-order chi connectivity index (χ0) is 19.7. The third kappa shape index (κ3) is 3.37. The van der Waals surface area contributed by atoms with Crippen molar-refractivity contribution in [1.82, 2.24) is 24.5 Å². The third-order valence-corrected chi connectivity index (χ3v) is 4.73. The number of primary amides is 1. The number of hydrogen-bond acceptors (Lipinski definition) is 7. The van der Waals surface area contributed by atoms with Gasteiger partial charge < -0.3 is 20.9 Å². The number of anilines is 2. The summed E-state index contributed by atoms with van der Waals surface area (Å²) in [4.78, 5) is 37.1. The third-order valence-electron chi connectivity index (χ3n) is 4.73. The van der Waals surface area contributed by atoms with Crippen molar-refractivity contribution in [3.8, 4) is 0 Å². The molecule has 0 atom stereocenters. The van der Waals surface area contributed by atoms with Gasteiger partial charge in [-0.2, -0.15) is 5.10 Å². The standard InChI is InChI=1S/C18H20N8O2/c1-24-6-8-25(9-7-24)15-3-2-12(10-21-15)23-18(28)14-4-5-20-17-13(16(19)27)11-22-26(14)17/h2-5,10-11H,6-9H2,1H3,(H2,19,27)(H,23,28). The summed E-state index contributed by atoms with van der Waals surface area (Å²) < 4.78 is 1.29. The van der Waals surface area contributed by atoms with Gasteiger partial charge in [-0.15, -0.1) is 0 Å². The SMILES string of the molecule is CN1CCN(c2ccc(NC(=O)c3ccnc4c(C(N)=O)cnn34)cn2)CC1. The lowest BCUT2D eigenvalue weighted by atomic mass is 10.3. The van der Waals surface area contributed by atoms with Crippen LogP contribution in [0.5, 0.6) is 0 Å². The zero-order valence-corrected chi connectivity index (χ0v) is 15.4. The lowest BCUT2D eigenvalue weighted by molar-refractivity contribution is 0.0996. The fourth-order valence-corrected chi connectivity index (χ4v) is 3.12. The van der Waals surface area contributed by atoms with Crippen molar-refractivity contribution in [1.29, 1.82) is 0 Å². The van der Waals surface area contributed by atoms with Crippen molar-refractivity contribution in [2.24, 2.45) is 5.73 Å². The number of piperazine rings is 1. The number of nitrogens with one attached hydrogen (secondary N) is 1. The molecular formula is C18H20N8O2. The molecule has 1 aliphatic rings. The topological polar surface area (TPSA) is 122 Å². The van der Waals surface area contributed by atoms with Crippen LogP contribution in [-0.4, -0.2) is 69.5 Å². The molecule has 0 spiro atoms. The van der Waals surface area contributed by atoms with Gasteiger partial charge in [0, 0.05) is 32.4 Å². The Morgan fingerprint density at radius 2 is 1.86 bits per heavy atom. The Bertz CT molecular complexity index is 1020. The molecule has 4 heterocycles. The van der Waals surface area contributed by atoms with E-state index in [2.05, 4.69) is 37.2 Å². The van der Waals surface area contributed by atoms with E-state index in [1.54, 1.807) is 6.20 Å². The van der Waals surface area contributed by atoms with E-state index in [9.17, 15) is 9.59 Å². The molecule has 2 amide bonds. The average molecular weight is 380 g/mol. The van der Waals surface area contributed by atoms with Gasteiger partial charge in [-0.05, 0) is 25.2 Å². The lowest BCUT2D eigenvalue weighted by Gasteiger charge is -2.33. The number of nitrogens with two attached hydrogens (primary N) is 1. The van der Waals surface area contributed by atoms with Crippen LogP contribution in [0.1, 0.15) is 20.8 Å². The molecule has 1 fully saturated rings. The van der Waals surface area contributed by atoms with E-state index in [-0.39, 0.29) is 22.8 Å². The predicted molar refractivity (Wildman–Crippen MR) is 103 cm³/mol. The van der Waals surface area contributed by atoms with Crippen LogP contribution in [0.25, 0.3) is 5.65 Å². The lowest BCUT2D eigenvalue weighted by Crippen LogP contribution is -2.44. The molecule has 10 nitrogen and oxygen atoms in total. The maximum Gasteiger partial charge on any atom is 0.274 e. The van der Waals surface area contributed by atoms with Gasteiger partial charge in [0.1, 0.15) is 17.1 Å². The van der Waals surface area contributed by atoms with Gasteiger partial charge in [-0.3, -0.25) is 9.59 Å². The fraction of sp³-hybridized carbons (Fsp3) is 0.278. The first-order valence-corrected chi connectivity index (χ1v) is 8.86.